The zero-order valence-electron chi connectivity index (χ0n) is 6.83. The van der Waals surface area contributed by atoms with E-state index in [1.807, 2.05) is 18.5 Å². The van der Waals surface area contributed by atoms with Crippen LogP contribution in [0.25, 0.3) is 0 Å². The van der Waals surface area contributed by atoms with Gasteiger partial charge in [-0.3, -0.25) is 0 Å². The molecule has 0 aromatic carbocycles. The van der Waals surface area contributed by atoms with Gasteiger partial charge in [-0.1, -0.05) is 0 Å². The van der Waals surface area contributed by atoms with Gasteiger partial charge in [-0.05, 0) is 6.92 Å². The lowest BCUT2D eigenvalue weighted by atomic mass is 10.6. The summed E-state index contributed by atoms with van der Waals surface area (Å²) in [5, 5.41) is 11.7. The van der Waals surface area contributed by atoms with Crippen molar-refractivity contribution in [3.8, 4) is 0 Å². The maximum Gasteiger partial charge on any atom is 0.125 e. The van der Waals surface area contributed by atoms with Crippen LogP contribution in [-0.4, -0.2) is 28.3 Å². The van der Waals surface area contributed by atoms with Crippen LogP contribution < -0.4 is 5.32 Å². The Kier molecular flexibility index (Phi) is 2.48. The molecule has 1 aromatic heterocycles. The zero-order chi connectivity index (χ0) is 8.27. The molecule has 0 atom stereocenters. The fraction of sp³-hybridized carbons (Fsp3) is 0.571. The van der Waals surface area contributed by atoms with Crippen molar-refractivity contribution in [2.24, 2.45) is 0 Å². The van der Waals surface area contributed by atoms with Gasteiger partial charge in [0.2, 0.25) is 0 Å². The highest BCUT2D eigenvalue weighted by molar-refractivity contribution is 5.33. The largest absolute Gasteiger partial charge is 0.395 e. The van der Waals surface area contributed by atoms with Crippen molar-refractivity contribution in [3.63, 3.8) is 0 Å². The van der Waals surface area contributed by atoms with Crippen molar-refractivity contribution in [2.75, 3.05) is 19.0 Å². The number of rotatable bonds is 3. The molecule has 2 N–H and O–H groups in total. The quantitative estimate of drug-likeness (QED) is 0.656. The second-order valence-electron chi connectivity index (χ2n) is 2.32. The summed E-state index contributed by atoms with van der Waals surface area (Å²) in [6.07, 6.45) is 1.75. The summed E-state index contributed by atoms with van der Waals surface area (Å²) in [5.74, 6) is 1.86. The molecule has 0 bridgehead atoms. The molecule has 0 saturated heterocycles. The number of nitrogens with one attached hydrogen (secondary N) is 1. The van der Waals surface area contributed by atoms with Gasteiger partial charge in [-0.25, -0.2) is 4.98 Å². The second-order valence-corrected chi connectivity index (χ2v) is 2.32. The van der Waals surface area contributed by atoms with Crippen molar-refractivity contribution in [1.29, 1.82) is 0 Å². The fourth-order valence-corrected chi connectivity index (χ4v) is 1.05. The number of aromatic nitrogens is 2. The molecule has 11 heavy (non-hydrogen) atoms. The van der Waals surface area contributed by atoms with Crippen LogP contribution >= 0.6 is 0 Å². The van der Waals surface area contributed by atoms with Gasteiger partial charge in [0.25, 0.3) is 0 Å². The highest BCUT2D eigenvalue weighted by Crippen LogP contribution is 2.08. The molecule has 4 heteroatoms. The Morgan fingerprint density at radius 2 is 2.45 bits per heavy atom. The van der Waals surface area contributed by atoms with E-state index in [2.05, 4.69) is 10.3 Å². The van der Waals surface area contributed by atoms with Gasteiger partial charge >= 0.3 is 0 Å². The Morgan fingerprint density at radius 3 is 3.00 bits per heavy atom. The SMILES string of the molecule is CNc1cnc(C)n1CCO. The number of hydrogen-bond acceptors (Lipinski definition) is 3. The molecule has 0 amide bonds. The summed E-state index contributed by atoms with van der Waals surface area (Å²) in [5.41, 5.74) is 0. The van der Waals surface area contributed by atoms with Crippen LogP contribution in [0.5, 0.6) is 0 Å². The van der Waals surface area contributed by atoms with Crippen LogP contribution in [0.2, 0.25) is 0 Å². The Labute approximate surface area is 65.9 Å². The Hall–Kier alpha value is -1.03. The molecular formula is C7H13N3O. The minimum absolute atomic E-state index is 0.145. The van der Waals surface area contributed by atoms with Crippen LogP contribution in [0.1, 0.15) is 5.82 Å². The van der Waals surface area contributed by atoms with Gasteiger partial charge < -0.3 is 15.0 Å². The summed E-state index contributed by atoms with van der Waals surface area (Å²) < 4.78 is 1.93. The lowest BCUT2D eigenvalue weighted by molar-refractivity contribution is 0.275. The van der Waals surface area contributed by atoms with E-state index < -0.39 is 0 Å². The minimum Gasteiger partial charge on any atom is -0.395 e. The number of anilines is 1. The highest BCUT2D eigenvalue weighted by atomic mass is 16.3. The molecule has 0 aliphatic heterocycles. The lowest BCUT2D eigenvalue weighted by Gasteiger charge is -2.06. The topological polar surface area (TPSA) is 50.1 Å². The third-order valence-electron chi connectivity index (χ3n) is 1.63. The van der Waals surface area contributed by atoms with Gasteiger partial charge in [0.15, 0.2) is 0 Å². The molecule has 1 aromatic rings. The fourth-order valence-electron chi connectivity index (χ4n) is 1.05. The molecule has 0 unspecified atom stereocenters. The second kappa shape index (κ2) is 3.39. The monoisotopic (exact) mass is 155 g/mol. The van der Waals surface area contributed by atoms with Gasteiger partial charge in [0, 0.05) is 13.6 Å². The van der Waals surface area contributed by atoms with Crippen molar-refractivity contribution in [1.82, 2.24) is 9.55 Å². The Morgan fingerprint density at radius 1 is 1.73 bits per heavy atom. The van der Waals surface area contributed by atoms with Gasteiger partial charge in [0.05, 0.1) is 12.8 Å². The Bertz CT molecular complexity index is 232. The molecule has 62 valence electrons. The number of aliphatic hydroxyl groups excluding tert-OH is 1. The van der Waals surface area contributed by atoms with Crippen LogP contribution in [0.15, 0.2) is 6.20 Å². The predicted octanol–water partition coefficient (Wildman–Crippen LogP) is 0.226. The first kappa shape index (κ1) is 8.07. The van der Waals surface area contributed by atoms with Crippen LogP contribution in [0, 0.1) is 6.92 Å². The van der Waals surface area contributed by atoms with Crippen molar-refractivity contribution < 1.29 is 5.11 Å². The lowest BCUT2D eigenvalue weighted by Crippen LogP contribution is -2.07. The first-order valence-corrected chi connectivity index (χ1v) is 3.60. The number of nitrogens with zero attached hydrogens (tertiary/aromatic N) is 2. The molecule has 0 saturated carbocycles. The molecule has 0 aliphatic rings. The summed E-state index contributed by atoms with van der Waals surface area (Å²) in [6.45, 7) is 2.66. The van der Waals surface area contributed by atoms with Crippen LogP contribution in [-0.2, 0) is 6.54 Å². The smallest absolute Gasteiger partial charge is 0.125 e. The zero-order valence-corrected chi connectivity index (χ0v) is 6.83. The van der Waals surface area contributed by atoms with E-state index in [1.54, 1.807) is 6.20 Å². The van der Waals surface area contributed by atoms with Gasteiger partial charge in [-0.15, -0.1) is 0 Å². The summed E-state index contributed by atoms with van der Waals surface area (Å²) in [7, 11) is 1.84. The normalized spacial score (nSPS) is 10.1. The van der Waals surface area contributed by atoms with Crippen LogP contribution in [0.4, 0.5) is 5.82 Å². The Balaban J connectivity index is 2.88. The van der Waals surface area contributed by atoms with E-state index in [4.69, 9.17) is 5.11 Å². The van der Waals surface area contributed by atoms with Crippen molar-refractivity contribution in [2.45, 2.75) is 13.5 Å². The predicted molar refractivity (Wildman–Crippen MR) is 43.6 cm³/mol. The van der Waals surface area contributed by atoms with Crippen LogP contribution in [0.3, 0.4) is 0 Å². The first-order chi connectivity index (χ1) is 5.29. The van der Waals surface area contributed by atoms with Gasteiger partial charge in [-0.2, -0.15) is 0 Å². The van der Waals surface area contributed by atoms with Gasteiger partial charge in [0.1, 0.15) is 11.6 Å². The van der Waals surface area contributed by atoms with E-state index >= 15 is 0 Å². The van der Waals surface area contributed by atoms with E-state index in [9.17, 15) is 0 Å². The summed E-state index contributed by atoms with van der Waals surface area (Å²) in [4.78, 5) is 4.10. The number of imidazole rings is 1. The highest BCUT2D eigenvalue weighted by Gasteiger charge is 2.02. The molecule has 1 heterocycles. The molecule has 0 spiro atoms. The van der Waals surface area contributed by atoms with Crippen molar-refractivity contribution in [3.05, 3.63) is 12.0 Å². The summed E-state index contributed by atoms with van der Waals surface area (Å²) >= 11 is 0. The maximum absolute atomic E-state index is 8.71. The molecule has 0 aliphatic carbocycles. The van der Waals surface area contributed by atoms with E-state index in [0.29, 0.717) is 6.54 Å². The van der Waals surface area contributed by atoms with E-state index in [1.165, 1.54) is 0 Å². The third-order valence-corrected chi connectivity index (χ3v) is 1.63. The maximum atomic E-state index is 8.71. The molecule has 0 radical (unpaired) electrons. The number of aryl methyl sites for hydroxylation is 1. The average Bonchev–Trinajstić information content (AvgIpc) is 2.34. The molecule has 4 nitrogen and oxygen atoms in total. The number of aliphatic hydroxyl groups is 1. The molecule has 1 rings (SSSR count). The average molecular weight is 155 g/mol. The molecule has 0 fully saturated rings. The van der Waals surface area contributed by atoms with E-state index in [0.717, 1.165) is 11.6 Å². The summed E-state index contributed by atoms with van der Waals surface area (Å²) in [6, 6.07) is 0. The first-order valence-electron chi connectivity index (χ1n) is 3.60. The number of hydrogen-bond donors (Lipinski definition) is 2. The molecular weight excluding hydrogens is 142 g/mol. The minimum atomic E-state index is 0.145. The standard InChI is InChI=1S/C7H13N3O/c1-6-9-5-7(8-2)10(6)3-4-11/h5,8,11H,3-4H2,1-2H3. The van der Waals surface area contributed by atoms with Crippen molar-refractivity contribution >= 4 is 5.82 Å². The van der Waals surface area contributed by atoms with E-state index in [-0.39, 0.29) is 6.61 Å². The third kappa shape index (κ3) is 1.51.